The van der Waals surface area contributed by atoms with E-state index in [1.807, 2.05) is 0 Å². The van der Waals surface area contributed by atoms with Gasteiger partial charge in [0.1, 0.15) is 0 Å². The Morgan fingerprint density at radius 2 is 1.38 bits per heavy atom. The molecule has 0 atom stereocenters. The van der Waals surface area contributed by atoms with Gasteiger partial charge in [-0.05, 0) is 0 Å². The number of hydrogen-bond donors (Lipinski definition) is 0. The molecule has 10 heteroatoms. The zero-order valence-corrected chi connectivity index (χ0v) is 8.78. The molecule has 1 rings (SSSR count). The molecule has 0 aromatic heterocycles. The van der Waals surface area contributed by atoms with Crippen molar-refractivity contribution < 1.29 is 21.7 Å². The SMILES string of the molecule is F[B-](F)(F)F.N#[N+]c1cc(Cl)c(F)c(Cl)c1. The van der Waals surface area contributed by atoms with Crippen molar-refractivity contribution in [2.75, 3.05) is 0 Å². The minimum atomic E-state index is -6.00. The normalized spacial score (nSPS) is 10.1. The molecule has 0 heterocycles. The summed E-state index contributed by atoms with van der Waals surface area (Å²) in [7, 11) is -6.00. The van der Waals surface area contributed by atoms with Crippen molar-refractivity contribution in [2.24, 2.45) is 0 Å². The summed E-state index contributed by atoms with van der Waals surface area (Å²) in [4.78, 5) is 2.80. The van der Waals surface area contributed by atoms with Crippen LogP contribution < -0.4 is 0 Å². The van der Waals surface area contributed by atoms with Crippen LogP contribution in [0.2, 0.25) is 10.0 Å². The molecule has 0 radical (unpaired) electrons. The molecule has 0 saturated heterocycles. The number of benzene rings is 1. The lowest BCUT2D eigenvalue weighted by Gasteiger charge is -1.94. The first-order valence-corrected chi connectivity index (χ1v) is 4.27. The Bertz CT molecular complexity index is 387. The van der Waals surface area contributed by atoms with E-state index in [0.29, 0.717) is 0 Å². The highest BCUT2D eigenvalue weighted by atomic mass is 35.5. The lowest BCUT2D eigenvalue weighted by Crippen LogP contribution is -2.02. The van der Waals surface area contributed by atoms with E-state index < -0.39 is 13.1 Å². The van der Waals surface area contributed by atoms with Gasteiger partial charge < -0.3 is 17.3 Å². The number of hydrogen-bond acceptors (Lipinski definition) is 1. The van der Waals surface area contributed by atoms with Gasteiger partial charge in [0.25, 0.3) is 0 Å². The largest absolute Gasteiger partial charge is 0.673 e. The fourth-order valence-electron chi connectivity index (χ4n) is 0.600. The monoisotopic (exact) mass is 278 g/mol. The summed E-state index contributed by atoms with van der Waals surface area (Å²) in [6, 6.07) is 2.34. The third-order valence-corrected chi connectivity index (χ3v) is 1.63. The van der Waals surface area contributed by atoms with E-state index >= 15 is 0 Å². The standard InChI is InChI=1S/C6H2Cl2FN2.BF4/c7-4-1-3(11-10)2-5(8)6(4)9;2-1(3,4)5/h1-2H;/q+1;-1. The molecule has 0 aliphatic carbocycles. The van der Waals surface area contributed by atoms with Gasteiger partial charge in [-0.15, -0.1) is 0 Å². The Morgan fingerprint density at radius 1 is 1.06 bits per heavy atom. The highest BCUT2D eigenvalue weighted by molar-refractivity contribution is 6.50. The van der Waals surface area contributed by atoms with E-state index in [9.17, 15) is 21.7 Å². The Balaban J connectivity index is 0.000000385. The zero-order valence-electron chi connectivity index (χ0n) is 7.27. The molecule has 0 saturated carbocycles. The van der Waals surface area contributed by atoms with E-state index in [4.69, 9.17) is 28.6 Å². The summed E-state index contributed by atoms with van der Waals surface area (Å²) < 4.78 is 51.7. The van der Waals surface area contributed by atoms with Crippen LogP contribution in [0.25, 0.3) is 4.98 Å². The number of diazo groups is 1. The smallest absolute Gasteiger partial charge is 0.418 e. The third kappa shape index (κ3) is 6.42. The molecule has 0 N–H and O–H groups in total. The van der Waals surface area contributed by atoms with Crippen LogP contribution in [-0.4, -0.2) is 7.25 Å². The second kappa shape index (κ2) is 5.87. The average Bonchev–Trinajstić information content (AvgIpc) is 2.10. The maximum absolute atomic E-state index is 12.7. The van der Waals surface area contributed by atoms with Crippen LogP contribution in [0.5, 0.6) is 0 Å². The quantitative estimate of drug-likeness (QED) is 0.287. The van der Waals surface area contributed by atoms with Gasteiger partial charge in [-0.1, -0.05) is 23.2 Å². The number of rotatable bonds is 0. The predicted octanol–water partition coefficient (Wildman–Crippen LogP) is 4.92. The fourth-order valence-corrected chi connectivity index (χ4v) is 1.08. The number of nitrogens with zero attached hydrogens (tertiary/aromatic N) is 2. The highest BCUT2D eigenvalue weighted by Gasteiger charge is 2.20. The molecule has 0 spiro atoms. The molecule has 1 aromatic carbocycles. The Kier molecular flexibility index (Phi) is 5.48. The van der Waals surface area contributed by atoms with Gasteiger partial charge in [0, 0.05) is 0 Å². The maximum Gasteiger partial charge on any atom is 0.673 e. The molecule has 0 fully saturated rings. The molecular formula is C6H2BCl2F5N2. The minimum Gasteiger partial charge on any atom is -0.418 e. The van der Waals surface area contributed by atoms with Crippen LogP contribution in [0.4, 0.5) is 27.3 Å². The molecule has 0 unspecified atom stereocenters. The van der Waals surface area contributed by atoms with Crippen LogP contribution in [0, 0.1) is 11.2 Å². The summed E-state index contributed by atoms with van der Waals surface area (Å²) >= 11 is 10.7. The van der Waals surface area contributed by atoms with Crippen LogP contribution in [-0.2, 0) is 0 Å². The van der Waals surface area contributed by atoms with Crippen molar-refractivity contribution in [2.45, 2.75) is 0 Å². The van der Waals surface area contributed by atoms with Crippen LogP contribution in [0.15, 0.2) is 12.1 Å². The van der Waals surface area contributed by atoms with Gasteiger partial charge in [-0.25, -0.2) is 4.39 Å². The third-order valence-electron chi connectivity index (χ3n) is 1.08. The van der Waals surface area contributed by atoms with Crippen LogP contribution >= 0.6 is 23.2 Å². The summed E-state index contributed by atoms with van der Waals surface area (Å²) in [5.74, 6) is -0.708. The van der Waals surface area contributed by atoms with E-state index in [1.165, 1.54) is 12.1 Å². The van der Waals surface area contributed by atoms with Gasteiger partial charge in [0.2, 0.25) is 5.39 Å². The molecular weight excluding hydrogens is 277 g/mol. The van der Waals surface area contributed by atoms with Crippen molar-refractivity contribution in [1.82, 2.24) is 0 Å². The molecule has 0 aliphatic rings. The second-order valence-electron chi connectivity index (χ2n) is 2.32. The molecule has 1 aromatic rings. The number of halogens is 7. The van der Waals surface area contributed by atoms with Gasteiger partial charge in [0.15, 0.2) is 10.8 Å². The first-order chi connectivity index (χ1) is 7.15. The zero-order chi connectivity index (χ0) is 12.9. The van der Waals surface area contributed by atoms with Crippen LogP contribution in [0.3, 0.4) is 0 Å². The molecule has 0 bridgehead atoms. The molecule has 88 valence electrons. The predicted molar refractivity (Wildman–Crippen MR) is 51.4 cm³/mol. The minimum absolute atomic E-state index is 0.126. The summed E-state index contributed by atoms with van der Waals surface area (Å²) in [6.45, 7) is 0. The molecule has 0 amide bonds. The van der Waals surface area contributed by atoms with Gasteiger partial charge in [-0.2, -0.15) is 0 Å². The van der Waals surface area contributed by atoms with Crippen molar-refractivity contribution >= 4 is 36.1 Å². The molecule has 0 aliphatic heterocycles. The van der Waals surface area contributed by atoms with Gasteiger partial charge >= 0.3 is 12.9 Å². The van der Waals surface area contributed by atoms with Crippen molar-refractivity contribution in [3.8, 4) is 0 Å². The van der Waals surface area contributed by atoms with E-state index in [2.05, 4.69) is 4.98 Å². The second-order valence-corrected chi connectivity index (χ2v) is 3.13. The Labute approximate surface area is 96.7 Å². The summed E-state index contributed by atoms with van der Waals surface area (Å²) in [5.41, 5.74) is 0.126. The molecule has 2 nitrogen and oxygen atoms in total. The van der Waals surface area contributed by atoms with Crippen LogP contribution in [0.1, 0.15) is 0 Å². The van der Waals surface area contributed by atoms with E-state index in [1.54, 1.807) is 0 Å². The average molecular weight is 279 g/mol. The summed E-state index contributed by atoms with van der Waals surface area (Å²) in [5, 5.41) is 7.94. The highest BCUT2D eigenvalue weighted by Crippen LogP contribution is 2.28. The summed E-state index contributed by atoms with van der Waals surface area (Å²) in [6.07, 6.45) is 0. The first kappa shape index (κ1) is 14.9. The Hall–Kier alpha value is -1.07. The van der Waals surface area contributed by atoms with Gasteiger partial charge in [-0.3, -0.25) is 0 Å². The molecule has 16 heavy (non-hydrogen) atoms. The topological polar surface area (TPSA) is 28.1 Å². The Morgan fingerprint density at radius 3 is 1.62 bits per heavy atom. The van der Waals surface area contributed by atoms with Crippen molar-refractivity contribution in [1.29, 1.82) is 5.39 Å². The van der Waals surface area contributed by atoms with Gasteiger partial charge in [0.05, 0.1) is 22.2 Å². The van der Waals surface area contributed by atoms with Crippen molar-refractivity contribution in [3.05, 3.63) is 33.0 Å². The maximum atomic E-state index is 12.7. The van der Waals surface area contributed by atoms with Crippen molar-refractivity contribution in [3.63, 3.8) is 0 Å². The van der Waals surface area contributed by atoms with E-state index in [0.717, 1.165) is 0 Å². The van der Waals surface area contributed by atoms with E-state index in [-0.39, 0.29) is 15.7 Å². The fraction of sp³-hybridized carbons (Fsp3) is 0. The lowest BCUT2D eigenvalue weighted by atomic mass is 10.3. The lowest BCUT2D eigenvalue weighted by molar-refractivity contribution is 0.368. The first-order valence-electron chi connectivity index (χ1n) is 3.52.